The topological polar surface area (TPSA) is 90.1 Å². The van der Waals surface area contributed by atoms with Crippen molar-refractivity contribution in [2.24, 2.45) is 0 Å². The molecule has 1 N–H and O–H groups in total. The summed E-state index contributed by atoms with van der Waals surface area (Å²) in [4.78, 5) is 19.4. The molecular formula is C20H15F5N4O3. The maximum Gasteiger partial charge on any atom is 0.471 e. The zero-order chi connectivity index (χ0) is 22.9. The van der Waals surface area contributed by atoms with Crippen LogP contribution < -0.4 is 5.32 Å². The van der Waals surface area contributed by atoms with E-state index in [0.29, 0.717) is 17.7 Å². The van der Waals surface area contributed by atoms with Gasteiger partial charge in [-0.05, 0) is 49.4 Å². The van der Waals surface area contributed by atoms with Crippen molar-refractivity contribution in [3.8, 4) is 11.4 Å². The molecule has 1 aliphatic carbocycles. The predicted octanol–water partition coefficient (Wildman–Crippen LogP) is 5.06. The molecule has 0 atom stereocenters. The molecule has 7 nitrogen and oxygen atoms in total. The van der Waals surface area contributed by atoms with E-state index in [0.717, 1.165) is 36.9 Å². The number of benzene rings is 1. The molecule has 32 heavy (non-hydrogen) atoms. The van der Waals surface area contributed by atoms with Crippen molar-refractivity contribution in [3.05, 3.63) is 58.7 Å². The molecule has 0 unspecified atom stereocenters. The Morgan fingerprint density at radius 1 is 1.12 bits per heavy atom. The Morgan fingerprint density at radius 2 is 1.84 bits per heavy atom. The summed E-state index contributed by atoms with van der Waals surface area (Å²) in [7, 11) is 0. The number of ether oxygens (including phenoxy) is 1. The van der Waals surface area contributed by atoms with Gasteiger partial charge in [0.25, 0.3) is 0 Å². The third kappa shape index (κ3) is 4.68. The molecule has 168 valence electrons. The van der Waals surface area contributed by atoms with Gasteiger partial charge < -0.3 is 9.26 Å². The number of anilines is 1. The molecule has 0 saturated heterocycles. The van der Waals surface area contributed by atoms with Gasteiger partial charge in [-0.1, -0.05) is 5.16 Å². The Kier molecular flexibility index (Phi) is 5.76. The van der Waals surface area contributed by atoms with Gasteiger partial charge in [0.2, 0.25) is 5.82 Å². The minimum absolute atomic E-state index is 0.156. The highest BCUT2D eigenvalue weighted by Crippen LogP contribution is 2.31. The summed E-state index contributed by atoms with van der Waals surface area (Å²) in [6.07, 6.45) is -0.538. The highest BCUT2D eigenvalue weighted by molar-refractivity contribution is 5.85. The number of amides is 1. The third-order valence-corrected chi connectivity index (χ3v) is 4.79. The number of carbonyl (C=O) groups excluding carboxylic acids is 1. The van der Waals surface area contributed by atoms with E-state index in [1.54, 1.807) is 6.20 Å². The summed E-state index contributed by atoms with van der Waals surface area (Å²) in [6.45, 7) is -0.156. The predicted molar refractivity (Wildman–Crippen MR) is 99.3 cm³/mol. The summed E-state index contributed by atoms with van der Waals surface area (Å²) >= 11 is 0. The average molecular weight is 454 g/mol. The van der Waals surface area contributed by atoms with Gasteiger partial charge in [-0.3, -0.25) is 10.3 Å². The average Bonchev–Trinajstić information content (AvgIpc) is 3.25. The summed E-state index contributed by atoms with van der Waals surface area (Å²) in [5, 5.41) is 5.01. The summed E-state index contributed by atoms with van der Waals surface area (Å²) < 4.78 is 75.3. The van der Waals surface area contributed by atoms with Crippen LogP contribution in [0.5, 0.6) is 0 Å². The van der Waals surface area contributed by atoms with Gasteiger partial charge in [0, 0.05) is 23.0 Å². The maximum atomic E-state index is 14.3. The van der Waals surface area contributed by atoms with Gasteiger partial charge >= 0.3 is 18.2 Å². The molecule has 0 spiro atoms. The number of halogens is 5. The molecule has 0 fully saturated rings. The Morgan fingerprint density at radius 3 is 2.53 bits per heavy atom. The monoisotopic (exact) mass is 454 g/mol. The van der Waals surface area contributed by atoms with E-state index in [-0.39, 0.29) is 6.61 Å². The number of hydrogen-bond donors (Lipinski definition) is 1. The number of aromatic nitrogens is 3. The molecule has 0 bridgehead atoms. The fourth-order valence-corrected chi connectivity index (χ4v) is 3.28. The SMILES string of the molecule is O=C(Nc1c(F)cc(-c2noc(C(F)(F)F)n2)cc1F)OCc1cnc2c(c1)CCCC2. The summed E-state index contributed by atoms with van der Waals surface area (Å²) in [5.74, 6) is -4.84. The second-order valence-corrected chi connectivity index (χ2v) is 7.09. The molecule has 3 aromatic rings. The number of nitrogens with one attached hydrogen (secondary N) is 1. The smallest absolute Gasteiger partial charge is 0.444 e. The van der Waals surface area contributed by atoms with Crippen molar-refractivity contribution in [3.63, 3.8) is 0 Å². The van der Waals surface area contributed by atoms with E-state index in [4.69, 9.17) is 4.74 Å². The highest BCUT2D eigenvalue weighted by atomic mass is 19.4. The number of aryl methyl sites for hydroxylation is 2. The van der Waals surface area contributed by atoms with Crippen LogP contribution in [0.2, 0.25) is 0 Å². The first-order chi connectivity index (χ1) is 15.2. The summed E-state index contributed by atoms with van der Waals surface area (Å²) in [6, 6.07) is 3.21. The minimum atomic E-state index is -4.90. The fourth-order valence-electron chi connectivity index (χ4n) is 3.28. The molecule has 0 radical (unpaired) electrons. The first-order valence-corrected chi connectivity index (χ1v) is 9.51. The van der Waals surface area contributed by atoms with Crippen LogP contribution in [0.3, 0.4) is 0 Å². The molecule has 2 heterocycles. The van der Waals surface area contributed by atoms with E-state index in [1.165, 1.54) is 0 Å². The van der Waals surface area contributed by atoms with Crippen molar-refractivity contribution in [2.75, 3.05) is 5.32 Å². The number of alkyl halides is 3. The van der Waals surface area contributed by atoms with Gasteiger partial charge in [-0.15, -0.1) is 0 Å². The van der Waals surface area contributed by atoms with Crippen LogP contribution in [0.4, 0.5) is 32.4 Å². The van der Waals surface area contributed by atoms with Crippen LogP contribution in [-0.2, 0) is 30.4 Å². The molecule has 0 saturated carbocycles. The van der Waals surface area contributed by atoms with Gasteiger partial charge in [0.1, 0.15) is 12.3 Å². The first kappa shape index (κ1) is 21.7. The Bertz CT molecular complexity index is 1140. The van der Waals surface area contributed by atoms with E-state index < -0.39 is 46.9 Å². The van der Waals surface area contributed by atoms with Crippen LogP contribution in [0.1, 0.15) is 35.6 Å². The van der Waals surface area contributed by atoms with Crippen molar-refractivity contribution < 1.29 is 36.0 Å². The Balaban J connectivity index is 1.42. The van der Waals surface area contributed by atoms with E-state index in [9.17, 15) is 26.7 Å². The van der Waals surface area contributed by atoms with Crippen LogP contribution in [-0.4, -0.2) is 21.2 Å². The largest absolute Gasteiger partial charge is 0.471 e. The van der Waals surface area contributed by atoms with E-state index in [2.05, 4.69) is 19.6 Å². The third-order valence-electron chi connectivity index (χ3n) is 4.79. The van der Waals surface area contributed by atoms with Crippen LogP contribution in [0.15, 0.2) is 28.9 Å². The normalized spacial score (nSPS) is 13.5. The molecule has 4 rings (SSSR count). The molecule has 1 aliphatic rings. The Labute approximate surface area is 177 Å². The maximum absolute atomic E-state index is 14.3. The first-order valence-electron chi connectivity index (χ1n) is 9.51. The van der Waals surface area contributed by atoms with Gasteiger partial charge in [-0.25, -0.2) is 13.6 Å². The van der Waals surface area contributed by atoms with Crippen LogP contribution >= 0.6 is 0 Å². The number of hydrogen-bond acceptors (Lipinski definition) is 6. The molecule has 12 heteroatoms. The van der Waals surface area contributed by atoms with Crippen molar-refractivity contribution >= 4 is 11.8 Å². The van der Waals surface area contributed by atoms with Crippen LogP contribution in [0, 0.1) is 11.6 Å². The number of carbonyl (C=O) groups is 1. The molecule has 0 aliphatic heterocycles. The minimum Gasteiger partial charge on any atom is -0.444 e. The number of fused-ring (bicyclic) bond motifs is 1. The summed E-state index contributed by atoms with van der Waals surface area (Å²) in [5.41, 5.74) is 1.49. The number of pyridine rings is 1. The fraction of sp³-hybridized carbons (Fsp3) is 0.300. The lowest BCUT2D eigenvalue weighted by Gasteiger charge is -2.15. The standard InChI is InChI=1S/C20H15F5N4O3/c21-13-6-12(17-28-18(32-29-17)20(23,24)25)7-14(22)16(13)27-19(30)31-9-10-5-11-3-1-2-4-15(11)26-8-10/h5-8H,1-4,9H2,(H,27,30). The van der Waals surface area contributed by atoms with E-state index >= 15 is 0 Å². The van der Waals surface area contributed by atoms with Gasteiger partial charge in [0.05, 0.1) is 0 Å². The van der Waals surface area contributed by atoms with E-state index in [1.807, 2.05) is 11.4 Å². The lowest BCUT2D eigenvalue weighted by molar-refractivity contribution is -0.159. The van der Waals surface area contributed by atoms with Crippen molar-refractivity contribution in [1.29, 1.82) is 0 Å². The van der Waals surface area contributed by atoms with Gasteiger partial charge in [-0.2, -0.15) is 18.2 Å². The lowest BCUT2D eigenvalue weighted by atomic mass is 9.95. The van der Waals surface area contributed by atoms with Crippen LogP contribution in [0.25, 0.3) is 11.4 Å². The number of rotatable bonds is 4. The van der Waals surface area contributed by atoms with Gasteiger partial charge in [0.15, 0.2) is 11.6 Å². The molecule has 1 amide bonds. The number of nitrogens with zero attached hydrogens (tertiary/aromatic N) is 3. The van der Waals surface area contributed by atoms with Crippen molar-refractivity contribution in [1.82, 2.24) is 15.1 Å². The second-order valence-electron chi connectivity index (χ2n) is 7.09. The zero-order valence-corrected chi connectivity index (χ0v) is 16.3. The Hall–Kier alpha value is -3.57. The lowest BCUT2D eigenvalue weighted by Crippen LogP contribution is -2.16. The highest BCUT2D eigenvalue weighted by Gasteiger charge is 2.38. The molecule has 2 aromatic heterocycles. The quantitative estimate of drug-likeness (QED) is 0.555. The molecular weight excluding hydrogens is 439 g/mol. The van der Waals surface area contributed by atoms with Crippen molar-refractivity contribution in [2.45, 2.75) is 38.5 Å². The molecule has 1 aromatic carbocycles. The second kappa shape index (κ2) is 8.52. The zero-order valence-electron chi connectivity index (χ0n) is 16.3.